The van der Waals surface area contributed by atoms with Crippen molar-refractivity contribution in [3.63, 3.8) is 0 Å². The van der Waals surface area contributed by atoms with Gasteiger partial charge in [0.15, 0.2) is 0 Å². The number of ether oxygens (including phenoxy) is 1. The molecule has 2 spiro atoms. The summed E-state index contributed by atoms with van der Waals surface area (Å²) in [6, 6.07) is 0. The van der Waals surface area contributed by atoms with Crippen molar-refractivity contribution in [3.8, 4) is 0 Å². The summed E-state index contributed by atoms with van der Waals surface area (Å²) in [4.78, 5) is 24.5. The Kier molecular flexibility index (Phi) is 4.59. The second-order valence-corrected chi connectivity index (χ2v) is 11.1. The van der Waals surface area contributed by atoms with E-state index in [0.717, 1.165) is 37.5 Å². The van der Waals surface area contributed by atoms with Gasteiger partial charge in [-0.05, 0) is 76.5 Å². The van der Waals surface area contributed by atoms with Gasteiger partial charge in [0.05, 0.1) is 0 Å². The number of carbonyl (C=O) groups excluding carboxylic acids is 1. The number of rotatable bonds is 4. The summed E-state index contributed by atoms with van der Waals surface area (Å²) in [5, 5.41) is 2.97. The van der Waals surface area contributed by atoms with Crippen LogP contribution in [0.3, 0.4) is 0 Å². The molecule has 6 aliphatic rings. The molecule has 1 heterocycles. The molecule has 28 heavy (non-hydrogen) atoms. The van der Waals surface area contributed by atoms with Crippen molar-refractivity contribution in [2.75, 3.05) is 6.54 Å². The van der Waals surface area contributed by atoms with Crippen LogP contribution in [0, 0.1) is 29.6 Å². The normalized spacial score (nSPS) is 47.2. The highest BCUT2D eigenvalue weighted by atomic mass is 17.3. The molecule has 4 bridgehead atoms. The molecule has 1 saturated heterocycles. The molecule has 3 N–H and O–H groups in total. The van der Waals surface area contributed by atoms with Crippen molar-refractivity contribution in [2.45, 2.75) is 95.2 Å². The Balaban J connectivity index is 1.23. The molecule has 5 saturated carbocycles. The van der Waals surface area contributed by atoms with E-state index in [0.29, 0.717) is 24.8 Å². The van der Waals surface area contributed by atoms with Gasteiger partial charge in [0.2, 0.25) is 17.5 Å². The zero-order chi connectivity index (χ0) is 19.6. The van der Waals surface area contributed by atoms with E-state index in [4.69, 9.17) is 20.2 Å². The molecule has 1 amide bonds. The first-order valence-corrected chi connectivity index (χ1v) is 11.4. The van der Waals surface area contributed by atoms with E-state index in [-0.39, 0.29) is 17.4 Å². The second-order valence-electron chi connectivity index (χ2n) is 11.1. The molecule has 0 radical (unpaired) electrons. The van der Waals surface area contributed by atoms with Crippen LogP contribution < -0.4 is 11.1 Å². The van der Waals surface area contributed by atoms with E-state index >= 15 is 0 Å². The zero-order valence-corrected chi connectivity index (χ0v) is 17.4. The molecule has 2 unspecified atom stereocenters. The summed E-state index contributed by atoms with van der Waals surface area (Å²) < 4.78 is 6.78. The lowest BCUT2D eigenvalue weighted by atomic mass is 9.53. The van der Waals surface area contributed by atoms with Crippen molar-refractivity contribution in [1.29, 1.82) is 0 Å². The Labute approximate surface area is 168 Å². The lowest BCUT2D eigenvalue weighted by Gasteiger charge is -2.57. The maximum Gasteiger partial charge on any atom is 0.220 e. The molecular formula is C22H36N2O4. The number of nitrogens with two attached hydrogens (primary N) is 1. The van der Waals surface area contributed by atoms with Crippen LogP contribution in [0.2, 0.25) is 0 Å². The van der Waals surface area contributed by atoms with Crippen molar-refractivity contribution >= 4 is 5.91 Å². The summed E-state index contributed by atoms with van der Waals surface area (Å²) >= 11 is 0. The van der Waals surface area contributed by atoms with Crippen LogP contribution in [0.25, 0.3) is 0 Å². The number of nitrogens with one attached hydrogen (secondary N) is 1. The van der Waals surface area contributed by atoms with Gasteiger partial charge in [-0.3, -0.25) is 4.79 Å². The lowest BCUT2D eigenvalue weighted by Crippen LogP contribution is -2.59. The van der Waals surface area contributed by atoms with Gasteiger partial charge in [-0.2, -0.15) is 9.78 Å². The molecule has 0 aromatic heterocycles. The summed E-state index contributed by atoms with van der Waals surface area (Å²) in [5.74, 6) is 1.89. The minimum absolute atomic E-state index is 0.0730. The van der Waals surface area contributed by atoms with E-state index < -0.39 is 11.6 Å². The van der Waals surface area contributed by atoms with Crippen molar-refractivity contribution < 1.29 is 19.3 Å². The van der Waals surface area contributed by atoms with Gasteiger partial charge in [0.25, 0.3) is 0 Å². The summed E-state index contributed by atoms with van der Waals surface area (Å²) in [6.45, 7) is 4.34. The smallest absolute Gasteiger partial charge is 0.220 e. The zero-order valence-electron chi connectivity index (χ0n) is 17.4. The topological polar surface area (TPSA) is 82.8 Å². The minimum atomic E-state index is -0.647. The molecule has 6 rings (SSSR count). The van der Waals surface area contributed by atoms with Gasteiger partial charge in [0, 0.05) is 43.2 Å². The van der Waals surface area contributed by atoms with Gasteiger partial charge in [-0.25, -0.2) is 0 Å². The molecule has 6 fully saturated rings. The van der Waals surface area contributed by atoms with E-state index in [1.54, 1.807) is 0 Å². The van der Waals surface area contributed by atoms with Crippen molar-refractivity contribution in [3.05, 3.63) is 0 Å². The first kappa shape index (κ1) is 19.3. The fraction of sp³-hybridized carbons (Fsp3) is 0.955. The standard InChI is InChI=1S/C22H36N2O4/c1-20(2,23)13-24-19(25)11-14-4-3-5-21(12-14)26-22(28-27-21)17-7-15-6-16(9-17)10-18(22)8-15/h14-18H,3-13,23H2,1-2H3,(H,24,25). The third kappa shape index (κ3) is 3.40. The van der Waals surface area contributed by atoms with Gasteiger partial charge in [0.1, 0.15) is 0 Å². The highest BCUT2D eigenvalue weighted by Gasteiger charge is 2.66. The molecule has 6 nitrogen and oxygen atoms in total. The summed E-state index contributed by atoms with van der Waals surface area (Å²) in [7, 11) is 0. The van der Waals surface area contributed by atoms with E-state index in [2.05, 4.69) is 5.32 Å². The molecule has 0 aromatic rings. The van der Waals surface area contributed by atoms with E-state index in [9.17, 15) is 4.79 Å². The van der Waals surface area contributed by atoms with Crippen LogP contribution >= 0.6 is 0 Å². The van der Waals surface area contributed by atoms with Crippen LogP contribution in [-0.4, -0.2) is 29.6 Å². The third-order valence-electron chi connectivity index (χ3n) is 7.93. The molecule has 6 heteroatoms. The van der Waals surface area contributed by atoms with Gasteiger partial charge >= 0.3 is 0 Å². The van der Waals surface area contributed by atoms with Gasteiger partial charge < -0.3 is 15.8 Å². The van der Waals surface area contributed by atoms with Gasteiger partial charge in [-0.1, -0.05) is 0 Å². The fourth-order valence-electron chi connectivity index (χ4n) is 6.92. The first-order valence-electron chi connectivity index (χ1n) is 11.4. The number of hydrogen-bond acceptors (Lipinski definition) is 5. The Morgan fingerprint density at radius 3 is 2.43 bits per heavy atom. The average Bonchev–Trinajstić information content (AvgIpc) is 2.97. The molecule has 2 atom stereocenters. The predicted octanol–water partition coefficient (Wildman–Crippen LogP) is 3.25. The van der Waals surface area contributed by atoms with E-state index in [1.807, 2.05) is 13.8 Å². The van der Waals surface area contributed by atoms with Crippen molar-refractivity contribution in [1.82, 2.24) is 5.32 Å². The molecule has 0 aromatic carbocycles. The Hall–Kier alpha value is -0.690. The Bertz CT molecular complexity index is 603. The number of carbonyl (C=O) groups is 1. The largest absolute Gasteiger partial charge is 0.354 e. The maximum absolute atomic E-state index is 12.4. The van der Waals surface area contributed by atoms with E-state index in [1.165, 1.54) is 32.1 Å². The highest BCUT2D eigenvalue weighted by Crippen LogP contribution is 2.64. The molecule has 1 aliphatic heterocycles. The van der Waals surface area contributed by atoms with Crippen LogP contribution in [0.1, 0.15) is 78.1 Å². The summed E-state index contributed by atoms with van der Waals surface area (Å²) in [6.07, 6.45) is 10.5. The molecule has 158 valence electrons. The monoisotopic (exact) mass is 392 g/mol. The second kappa shape index (κ2) is 6.66. The van der Waals surface area contributed by atoms with Crippen LogP contribution in [0.15, 0.2) is 0 Å². The first-order chi connectivity index (χ1) is 13.3. The van der Waals surface area contributed by atoms with Gasteiger partial charge in [-0.15, -0.1) is 0 Å². The van der Waals surface area contributed by atoms with Crippen LogP contribution in [0.5, 0.6) is 0 Å². The highest BCUT2D eigenvalue weighted by molar-refractivity contribution is 5.76. The average molecular weight is 393 g/mol. The fourth-order valence-corrected chi connectivity index (χ4v) is 6.92. The molecule has 5 aliphatic carbocycles. The Morgan fingerprint density at radius 2 is 1.79 bits per heavy atom. The number of amides is 1. The quantitative estimate of drug-likeness (QED) is 0.718. The maximum atomic E-state index is 12.4. The SMILES string of the molecule is CC(C)(N)CNC(=O)CC1CCCC2(C1)OOC1(O2)C2CC3CC(C2)CC1C3. The Morgan fingerprint density at radius 1 is 1.11 bits per heavy atom. The lowest BCUT2D eigenvalue weighted by molar-refractivity contribution is -0.390. The van der Waals surface area contributed by atoms with Crippen molar-refractivity contribution in [2.24, 2.45) is 35.3 Å². The minimum Gasteiger partial charge on any atom is -0.354 e. The van der Waals surface area contributed by atoms with Crippen LogP contribution in [-0.2, 0) is 19.3 Å². The number of hydrogen-bond donors (Lipinski definition) is 2. The van der Waals surface area contributed by atoms with Crippen LogP contribution in [0.4, 0.5) is 0 Å². The predicted molar refractivity (Wildman–Crippen MR) is 104 cm³/mol. The molecular weight excluding hydrogens is 356 g/mol. The summed E-state index contributed by atoms with van der Waals surface area (Å²) in [5.41, 5.74) is 5.59. The third-order valence-corrected chi connectivity index (χ3v) is 7.93.